The van der Waals surface area contributed by atoms with Crippen molar-refractivity contribution in [2.45, 2.75) is 32.2 Å². The van der Waals surface area contributed by atoms with Crippen molar-refractivity contribution in [2.75, 3.05) is 26.8 Å². The molecule has 1 fully saturated rings. The van der Waals surface area contributed by atoms with Crippen LogP contribution >= 0.6 is 0 Å². The molecule has 0 bridgehead atoms. The fourth-order valence-electron chi connectivity index (χ4n) is 3.74. The molecule has 25 heavy (non-hydrogen) atoms. The number of aryl methyl sites for hydroxylation is 1. The van der Waals surface area contributed by atoms with Crippen LogP contribution in [0.2, 0.25) is 0 Å². The first-order valence-corrected chi connectivity index (χ1v) is 8.90. The number of fused-ring (bicyclic) bond motifs is 1. The summed E-state index contributed by atoms with van der Waals surface area (Å²) in [6, 6.07) is 8.34. The van der Waals surface area contributed by atoms with E-state index in [1.165, 1.54) is 18.4 Å². The molecule has 132 valence electrons. The summed E-state index contributed by atoms with van der Waals surface area (Å²) in [6.07, 6.45) is 5.83. The minimum Gasteiger partial charge on any atom is -0.497 e. The minimum absolute atomic E-state index is 0.332. The van der Waals surface area contributed by atoms with Gasteiger partial charge in [-0.3, -0.25) is 4.90 Å². The van der Waals surface area contributed by atoms with Crippen LogP contribution in [0, 0.1) is 6.92 Å². The predicted molar refractivity (Wildman–Crippen MR) is 95.9 cm³/mol. The lowest BCUT2D eigenvalue weighted by molar-refractivity contribution is 0.150. The monoisotopic (exact) mass is 340 g/mol. The van der Waals surface area contributed by atoms with Crippen LogP contribution < -0.4 is 9.47 Å². The number of piperidine rings is 1. The number of ether oxygens (including phenoxy) is 2. The van der Waals surface area contributed by atoms with Gasteiger partial charge in [0.25, 0.3) is 0 Å². The summed E-state index contributed by atoms with van der Waals surface area (Å²) in [7, 11) is 1.69. The molecule has 1 atom stereocenters. The van der Waals surface area contributed by atoms with E-state index in [1.807, 2.05) is 25.1 Å². The van der Waals surface area contributed by atoms with Gasteiger partial charge in [-0.25, -0.2) is 0 Å². The molecule has 1 aromatic heterocycles. The summed E-state index contributed by atoms with van der Waals surface area (Å²) in [5.74, 6) is 2.66. The number of rotatable bonds is 4. The summed E-state index contributed by atoms with van der Waals surface area (Å²) in [6.45, 7) is 4.57. The highest BCUT2D eigenvalue weighted by Crippen LogP contribution is 2.34. The second-order valence-corrected chi connectivity index (χ2v) is 6.84. The number of hydrogen-bond acceptors (Lipinski definition) is 5. The fourth-order valence-corrected chi connectivity index (χ4v) is 3.74. The number of aromatic nitrogens is 1. The van der Waals surface area contributed by atoms with E-state index in [9.17, 15) is 0 Å². The van der Waals surface area contributed by atoms with Gasteiger partial charge in [0.1, 0.15) is 29.6 Å². The van der Waals surface area contributed by atoms with Crippen molar-refractivity contribution >= 4 is 6.08 Å². The fraction of sp³-hybridized carbons (Fsp3) is 0.450. The summed E-state index contributed by atoms with van der Waals surface area (Å²) >= 11 is 0. The molecule has 2 aliphatic rings. The number of likely N-dealkylation sites (tertiary alicyclic amines) is 1. The lowest BCUT2D eigenvalue weighted by atomic mass is 9.97. The largest absolute Gasteiger partial charge is 0.497 e. The Morgan fingerprint density at radius 2 is 2.20 bits per heavy atom. The SMILES string of the molecule is COc1ccc2c(c1)C=C(CN1CCCC[C@H]1c1cc(C)on1)CO2. The Morgan fingerprint density at radius 1 is 1.28 bits per heavy atom. The Labute approximate surface area is 148 Å². The maximum atomic E-state index is 5.94. The van der Waals surface area contributed by atoms with Gasteiger partial charge in [0.2, 0.25) is 0 Å². The van der Waals surface area contributed by atoms with Crippen molar-refractivity contribution in [3.63, 3.8) is 0 Å². The second kappa shape index (κ2) is 6.92. The van der Waals surface area contributed by atoms with E-state index >= 15 is 0 Å². The molecule has 5 nitrogen and oxygen atoms in total. The van der Waals surface area contributed by atoms with Crippen LogP contribution in [0.25, 0.3) is 6.08 Å². The lowest BCUT2D eigenvalue weighted by Crippen LogP contribution is -2.36. The number of hydrogen-bond donors (Lipinski definition) is 0. The molecule has 5 heteroatoms. The summed E-state index contributed by atoms with van der Waals surface area (Å²) in [5, 5.41) is 4.26. The Morgan fingerprint density at radius 3 is 3.00 bits per heavy atom. The van der Waals surface area contributed by atoms with Crippen molar-refractivity contribution < 1.29 is 14.0 Å². The molecule has 0 saturated carbocycles. The Balaban J connectivity index is 1.54. The predicted octanol–water partition coefficient (Wildman–Crippen LogP) is 3.99. The molecule has 0 spiro atoms. The molecule has 0 aliphatic carbocycles. The van der Waals surface area contributed by atoms with Crippen LogP contribution in [0.3, 0.4) is 0 Å². The lowest BCUT2D eigenvalue weighted by Gasteiger charge is -2.35. The van der Waals surface area contributed by atoms with Gasteiger partial charge in [-0.2, -0.15) is 0 Å². The average molecular weight is 340 g/mol. The molecule has 0 radical (unpaired) electrons. The second-order valence-electron chi connectivity index (χ2n) is 6.84. The highest BCUT2D eigenvalue weighted by atomic mass is 16.5. The van der Waals surface area contributed by atoms with Gasteiger partial charge >= 0.3 is 0 Å². The van der Waals surface area contributed by atoms with Crippen molar-refractivity contribution in [1.82, 2.24) is 10.1 Å². The Kier molecular flexibility index (Phi) is 4.49. The number of nitrogens with zero attached hydrogens (tertiary/aromatic N) is 2. The third kappa shape index (κ3) is 3.42. The third-order valence-corrected chi connectivity index (χ3v) is 5.00. The first-order valence-electron chi connectivity index (χ1n) is 8.90. The normalized spacial score (nSPS) is 20.6. The quantitative estimate of drug-likeness (QED) is 0.842. The van der Waals surface area contributed by atoms with Gasteiger partial charge in [-0.15, -0.1) is 0 Å². The van der Waals surface area contributed by atoms with Crippen molar-refractivity contribution in [2.24, 2.45) is 0 Å². The standard InChI is InChI=1S/C20H24N2O3/c1-14-9-18(21-25-14)19-5-3-4-8-22(19)12-15-10-16-11-17(23-2)6-7-20(16)24-13-15/h6-7,9-11,19H,3-5,8,12-13H2,1-2H3/t19-/m0/s1. The first kappa shape index (κ1) is 16.2. The van der Waals surface area contributed by atoms with Crippen molar-refractivity contribution in [1.29, 1.82) is 0 Å². The van der Waals surface area contributed by atoms with E-state index in [4.69, 9.17) is 14.0 Å². The van der Waals surface area contributed by atoms with Gasteiger partial charge in [0.05, 0.1) is 13.2 Å². The van der Waals surface area contributed by atoms with E-state index in [0.717, 1.165) is 48.0 Å². The zero-order valence-electron chi connectivity index (χ0n) is 14.8. The third-order valence-electron chi connectivity index (χ3n) is 5.00. The summed E-state index contributed by atoms with van der Waals surface area (Å²) in [5.41, 5.74) is 3.43. The van der Waals surface area contributed by atoms with Gasteiger partial charge in [0, 0.05) is 18.2 Å². The van der Waals surface area contributed by atoms with Crippen molar-refractivity contribution in [3.05, 3.63) is 46.9 Å². The molecule has 4 rings (SSSR count). The van der Waals surface area contributed by atoms with E-state index < -0.39 is 0 Å². The molecule has 2 aliphatic heterocycles. The van der Waals surface area contributed by atoms with Crippen LogP contribution in [0.5, 0.6) is 11.5 Å². The molecule has 3 heterocycles. The van der Waals surface area contributed by atoms with Crippen LogP contribution in [0.15, 0.2) is 34.4 Å². The smallest absolute Gasteiger partial charge is 0.133 e. The molecule has 1 aromatic carbocycles. The average Bonchev–Trinajstić information content (AvgIpc) is 3.08. The first-order chi connectivity index (χ1) is 12.2. The van der Waals surface area contributed by atoms with Crippen LogP contribution in [0.4, 0.5) is 0 Å². The maximum Gasteiger partial charge on any atom is 0.133 e. The van der Waals surface area contributed by atoms with Crippen LogP contribution in [0.1, 0.15) is 42.3 Å². The van der Waals surface area contributed by atoms with E-state index in [2.05, 4.69) is 22.2 Å². The highest BCUT2D eigenvalue weighted by molar-refractivity contribution is 5.64. The molecular weight excluding hydrogens is 316 g/mol. The Bertz CT molecular complexity index is 781. The summed E-state index contributed by atoms with van der Waals surface area (Å²) < 4.78 is 16.6. The van der Waals surface area contributed by atoms with Crippen LogP contribution in [-0.4, -0.2) is 36.9 Å². The Hall–Kier alpha value is -2.27. The molecule has 1 saturated heterocycles. The molecule has 0 unspecified atom stereocenters. The van der Waals surface area contributed by atoms with Crippen LogP contribution in [-0.2, 0) is 0 Å². The summed E-state index contributed by atoms with van der Waals surface area (Å²) in [4.78, 5) is 2.50. The van der Waals surface area contributed by atoms with Gasteiger partial charge < -0.3 is 14.0 Å². The molecule has 0 N–H and O–H groups in total. The zero-order valence-corrected chi connectivity index (χ0v) is 14.8. The van der Waals surface area contributed by atoms with Gasteiger partial charge in [0.15, 0.2) is 0 Å². The zero-order chi connectivity index (χ0) is 17.2. The topological polar surface area (TPSA) is 47.7 Å². The molecule has 2 aromatic rings. The number of methoxy groups -OCH3 is 1. The van der Waals surface area contributed by atoms with E-state index in [-0.39, 0.29) is 0 Å². The minimum atomic E-state index is 0.332. The highest BCUT2D eigenvalue weighted by Gasteiger charge is 2.27. The number of benzene rings is 1. The van der Waals surface area contributed by atoms with Gasteiger partial charge in [-0.05, 0) is 56.2 Å². The maximum absolute atomic E-state index is 5.94. The van der Waals surface area contributed by atoms with Gasteiger partial charge in [-0.1, -0.05) is 11.6 Å². The van der Waals surface area contributed by atoms with E-state index in [0.29, 0.717) is 12.6 Å². The molecule has 0 amide bonds. The molecular formula is C20H24N2O3. The van der Waals surface area contributed by atoms with Crippen molar-refractivity contribution in [3.8, 4) is 11.5 Å². The van der Waals surface area contributed by atoms with E-state index in [1.54, 1.807) is 7.11 Å².